The highest BCUT2D eigenvalue weighted by Gasteiger charge is 2.23. The number of hydrogen-bond donors (Lipinski definition) is 2. The molecule has 2 N–H and O–H groups in total. The van der Waals surface area contributed by atoms with Gasteiger partial charge in [0.15, 0.2) is 6.61 Å². The first-order valence-corrected chi connectivity index (χ1v) is 11.2. The van der Waals surface area contributed by atoms with Gasteiger partial charge in [0, 0.05) is 17.5 Å². The average Bonchev–Trinajstić information content (AvgIpc) is 3.15. The summed E-state index contributed by atoms with van der Waals surface area (Å²) in [5.41, 5.74) is 1.04. The highest BCUT2D eigenvalue weighted by atomic mass is 32.1. The maximum absolute atomic E-state index is 12.5. The molecule has 0 saturated carbocycles. The van der Waals surface area contributed by atoms with Crippen molar-refractivity contribution >= 4 is 40.3 Å². The van der Waals surface area contributed by atoms with Crippen molar-refractivity contribution in [2.75, 3.05) is 25.1 Å². The van der Waals surface area contributed by atoms with Gasteiger partial charge in [-0.1, -0.05) is 30.3 Å². The summed E-state index contributed by atoms with van der Waals surface area (Å²) < 4.78 is 15.2. The van der Waals surface area contributed by atoms with Crippen LogP contribution in [0.15, 0.2) is 35.7 Å². The third-order valence-corrected chi connectivity index (χ3v) is 4.87. The SMILES string of the molecule is CCOC(=O)c1c(-c2ccccc2)csc1NC(=O)COC(=O)CCNC(=O)OC(C)(C)C. The molecule has 1 heterocycles. The zero-order valence-corrected chi connectivity index (χ0v) is 19.9. The number of carbonyl (C=O) groups excluding carboxylic acids is 4. The standard InChI is InChI=1S/C23H28N2O7S/c1-5-30-21(28)19-16(15-9-7-6-8-10-15)14-33-20(19)25-17(26)13-31-18(27)11-12-24-22(29)32-23(2,3)4/h6-10,14H,5,11-13H2,1-4H3,(H,24,29)(H,25,26). The zero-order chi connectivity index (χ0) is 24.4. The summed E-state index contributed by atoms with van der Waals surface area (Å²) in [5, 5.41) is 7.10. The van der Waals surface area contributed by atoms with Crippen LogP contribution in [-0.4, -0.2) is 49.3 Å². The molecule has 10 heteroatoms. The van der Waals surface area contributed by atoms with E-state index in [1.54, 1.807) is 33.1 Å². The maximum atomic E-state index is 12.5. The summed E-state index contributed by atoms with van der Waals surface area (Å²) in [6, 6.07) is 9.25. The highest BCUT2D eigenvalue weighted by molar-refractivity contribution is 7.15. The maximum Gasteiger partial charge on any atom is 0.407 e. The third-order valence-electron chi connectivity index (χ3n) is 3.97. The molecule has 0 atom stereocenters. The molecule has 2 amide bonds. The van der Waals surface area contributed by atoms with Gasteiger partial charge in [-0.25, -0.2) is 9.59 Å². The molecule has 0 aliphatic rings. The summed E-state index contributed by atoms with van der Waals surface area (Å²) in [6.07, 6.45) is -0.774. The van der Waals surface area contributed by atoms with Crippen molar-refractivity contribution in [3.05, 3.63) is 41.3 Å². The van der Waals surface area contributed by atoms with E-state index in [1.807, 2.05) is 30.3 Å². The van der Waals surface area contributed by atoms with Crippen LogP contribution in [0.4, 0.5) is 9.80 Å². The van der Waals surface area contributed by atoms with Crippen molar-refractivity contribution in [1.29, 1.82) is 0 Å². The molecule has 0 aliphatic heterocycles. The number of thiophene rings is 1. The molecule has 33 heavy (non-hydrogen) atoms. The molecule has 0 saturated heterocycles. The smallest absolute Gasteiger partial charge is 0.407 e. The fourth-order valence-corrected chi connectivity index (χ4v) is 3.62. The Labute approximate surface area is 196 Å². The second kappa shape index (κ2) is 12.0. The van der Waals surface area contributed by atoms with Gasteiger partial charge in [0.1, 0.15) is 16.2 Å². The molecule has 0 bridgehead atoms. The summed E-state index contributed by atoms with van der Waals surface area (Å²) >= 11 is 1.17. The molecule has 0 radical (unpaired) electrons. The fourth-order valence-electron chi connectivity index (χ4n) is 2.65. The van der Waals surface area contributed by atoms with Crippen molar-refractivity contribution in [2.45, 2.75) is 39.7 Å². The van der Waals surface area contributed by atoms with Crippen LogP contribution in [0.2, 0.25) is 0 Å². The van der Waals surface area contributed by atoms with E-state index in [0.717, 1.165) is 5.56 Å². The lowest BCUT2D eigenvalue weighted by Gasteiger charge is -2.19. The van der Waals surface area contributed by atoms with Crippen LogP contribution in [0.3, 0.4) is 0 Å². The molecule has 2 aromatic rings. The summed E-state index contributed by atoms with van der Waals surface area (Å²) in [5.74, 6) is -1.82. The highest BCUT2D eigenvalue weighted by Crippen LogP contribution is 2.36. The van der Waals surface area contributed by atoms with E-state index in [-0.39, 0.29) is 25.1 Å². The Bertz CT molecular complexity index is 980. The minimum absolute atomic E-state index is 0.00767. The van der Waals surface area contributed by atoms with Gasteiger partial charge in [0.05, 0.1) is 13.0 Å². The van der Waals surface area contributed by atoms with E-state index < -0.39 is 36.1 Å². The lowest BCUT2D eigenvalue weighted by molar-refractivity contribution is -0.147. The number of rotatable bonds is 9. The van der Waals surface area contributed by atoms with Crippen LogP contribution in [0.1, 0.15) is 44.5 Å². The molecular weight excluding hydrogens is 448 g/mol. The first-order valence-electron chi connectivity index (χ1n) is 10.4. The molecule has 178 valence electrons. The molecule has 0 spiro atoms. The van der Waals surface area contributed by atoms with Gasteiger partial charge in [0.2, 0.25) is 0 Å². The molecule has 2 rings (SSSR count). The Kier molecular flexibility index (Phi) is 9.41. The zero-order valence-electron chi connectivity index (χ0n) is 19.1. The number of benzene rings is 1. The summed E-state index contributed by atoms with van der Waals surface area (Å²) in [7, 11) is 0. The van der Waals surface area contributed by atoms with E-state index in [4.69, 9.17) is 14.2 Å². The van der Waals surface area contributed by atoms with Crippen LogP contribution in [-0.2, 0) is 23.8 Å². The third kappa shape index (κ3) is 8.57. The summed E-state index contributed by atoms with van der Waals surface area (Å²) in [6.45, 7) is 6.53. The normalized spacial score (nSPS) is 10.8. The van der Waals surface area contributed by atoms with Gasteiger partial charge in [-0.3, -0.25) is 9.59 Å². The van der Waals surface area contributed by atoms with Crippen molar-refractivity contribution in [3.8, 4) is 11.1 Å². The number of amides is 2. The Hall–Kier alpha value is -3.40. The molecule has 0 aliphatic carbocycles. The minimum Gasteiger partial charge on any atom is -0.462 e. The number of esters is 2. The second-order valence-electron chi connectivity index (χ2n) is 7.83. The van der Waals surface area contributed by atoms with Gasteiger partial charge >= 0.3 is 18.0 Å². The van der Waals surface area contributed by atoms with Crippen molar-refractivity contribution in [2.24, 2.45) is 0 Å². The predicted octanol–water partition coefficient (Wildman–Crippen LogP) is 3.99. The van der Waals surface area contributed by atoms with Gasteiger partial charge < -0.3 is 24.8 Å². The van der Waals surface area contributed by atoms with E-state index in [1.165, 1.54) is 11.3 Å². The van der Waals surface area contributed by atoms with Crippen LogP contribution >= 0.6 is 11.3 Å². The van der Waals surface area contributed by atoms with Crippen LogP contribution in [0.25, 0.3) is 11.1 Å². The number of anilines is 1. The van der Waals surface area contributed by atoms with Gasteiger partial charge in [-0.05, 0) is 33.3 Å². The number of hydrogen-bond acceptors (Lipinski definition) is 8. The molecule has 1 aromatic carbocycles. The van der Waals surface area contributed by atoms with E-state index in [0.29, 0.717) is 10.6 Å². The Morgan fingerprint density at radius 3 is 2.36 bits per heavy atom. The molecule has 0 fully saturated rings. The van der Waals surface area contributed by atoms with Crippen LogP contribution in [0, 0.1) is 0 Å². The Balaban J connectivity index is 1.92. The minimum atomic E-state index is -0.664. The van der Waals surface area contributed by atoms with Crippen LogP contribution in [0.5, 0.6) is 0 Å². The average molecular weight is 477 g/mol. The van der Waals surface area contributed by atoms with Crippen molar-refractivity contribution in [1.82, 2.24) is 5.32 Å². The molecule has 0 unspecified atom stereocenters. The summed E-state index contributed by atoms with van der Waals surface area (Å²) in [4.78, 5) is 48.3. The molecule has 9 nitrogen and oxygen atoms in total. The van der Waals surface area contributed by atoms with Gasteiger partial charge in [-0.15, -0.1) is 11.3 Å². The topological polar surface area (TPSA) is 120 Å². The first-order chi connectivity index (χ1) is 15.6. The lowest BCUT2D eigenvalue weighted by Crippen LogP contribution is -2.34. The van der Waals surface area contributed by atoms with Crippen LogP contribution < -0.4 is 10.6 Å². The van der Waals surface area contributed by atoms with Crippen molar-refractivity contribution < 1.29 is 33.4 Å². The Morgan fingerprint density at radius 2 is 1.73 bits per heavy atom. The van der Waals surface area contributed by atoms with Crippen molar-refractivity contribution in [3.63, 3.8) is 0 Å². The van der Waals surface area contributed by atoms with Gasteiger partial charge in [-0.2, -0.15) is 0 Å². The quantitative estimate of drug-likeness (QED) is 0.415. The number of alkyl carbamates (subject to hydrolysis) is 1. The molecular formula is C23H28N2O7S. The lowest BCUT2D eigenvalue weighted by atomic mass is 10.0. The second-order valence-corrected chi connectivity index (χ2v) is 8.71. The number of carbonyl (C=O) groups is 4. The number of nitrogens with one attached hydrogen (secondary N) is 2. The molecule has 1 aromatic heterocycles. The first kappa shape index (κ1) is 25.9. The monoisotopic (exact) mass is 476 g/mol. The number of ether oxygens (including phenoxy) is 3. The fraction of sp³-hybridized carbons (Fsp3) is 0.391. The van der Waals surface area contributed by atoms with Gasteiger partial charge in [0.25, 0.3) is 5.91 Å². The van der Waals surface area contributed by atoms with E-state index in [9.17, 15) is 19.2 Å². The van der Waals surface area contributed by atoms with E-state index >= 15 is 0 Å². The Morgan fingerprint density at radius 1 is 1.03 bits per heavy atom. The van der Waals surface area contributed by atoms with E-state index in [2.05, 4.69) is 10.6 Å². The largest absolute Gasteiger partial charge is 0.462 e. The predicted molar refractivity (Wildman–Crippen MR) is 124 cm³/mol.